The van der Waals surface area contributed by atoms with Gasteiger partial charge in [0.15, 0.2) is 0 Å². The summed E-state index contributed by atoms with van der Waals surface area (Å²) < 4.78 is 0. The molecule has 0 radical (unpaired) electrons. The molecule has 15 heavy (non-hydrogen) atoms. The standard InChI is InChI=1S/C11H7NO3/c12-6-10(5-11(14)15)9-3-1-8(7-13)2-4-9/h1-5,7H,(H,14,15). The fourth-order valence-electron chi connectivity index (χ4n) is 1.04. The number of hydrogen-bond acceptors (Lipinski definition) is 3. The maximum atomic E-state index is 10.4. The highest BCUT2D eigenvalue weighted by molar-refractivity contribution is 5.94. The van der Waals surface area contributed by atoms with Crippen LogP contribution in [0.4, 0.5) is 0 Å². The molecule has 1 aromatic carbocycles. The van der Waals surface area contributed by atoms with E-state index in [4.69, 9.17) is 10.4 Å². The number of carboxylic acids is 1. The van der Waals surface area contributed by atoms with Crippen molar-refractivity contribution in [2.45, 2.75) is 0 Å². The van der Waals surface area contributed by atoms with Gasteiger partial charge in [-0.3, -0.25) is 4.79 Å². The molecule has 0 unspecified atom stereocenters. The van der Waals surface area contributed by atoms with E-state index in [0.29, 0.717) is 17.4 Å². The van der Waals surface area contributed by atoms with Gasteiger partial charge in [-0.2, -0.15) is 5.26 Å². The van der Waals surface area contributed by atoms with Gasteiger partial charge in [0.2, 0.25) is 0 Å². The van der Waals surface area contributed by atoms with Crippen LogP contribution in [0, 0.1) is 11.3 Å². The number of benzene rings is 1. The highest BCUT2D eigenvalue weighted by Gasteiger charge is 2.02. The van der Waals surface area contributed by atoms with Crippen LogP contribution in [0.2, 0.25) is 0 Å². The van der Waals surface area contributed by atoms with Crippen LogP contribution < -0.4 is 0 Å². The molecule has 0 saturated carbocycles. The molecule has 1 aromatic rings. The zero-order valence-electron chi connectivity index (χ0n) is 7.68. The van der Waals surface area contributed by atoms with Crippen molar-refractivity contribution in [3.8, 4) is 6.07 Å². The highest BCUT2D eigenvalue weighted by atomic mass is 16.4. The SMILES string of the molecule is N#CC(=CC(=O)O)c1ccc(C=O)cc1. The summed E-state index contributed by atoms with van der Waals surface area (Å²) in [6.07, 6.45) is 1.51. The summed E-state index contributed by atoms with van der Waals surface area (Å²) in [4.78, 5) is 20.7. The highest BCUT2D eigenvalue weighted by Crippen LogP contribution is 2.13. The second-order valence-corrected chi connectivity index (χ2v) is 2.75. The molecule has 0 spiro atoms. The van der Waals surface area contributed by atoms with Crippen molar-refractivity contribution in [2.24, 2.45) is 0 Å². The lowest BCUT2D eigenvalue weighted by molar-refractivity contribution is -0.131. The van der Waals surface area contributed by atoms with Gasteiger partial charge in [0.25, 0.3) is 0 Å². The van der Waals surface area contributed by atoms with Crippen molar-refractivity contribution >= 4 is 17.8 Å². The first-order valence-corrected chi connectivity index (χ1v) is 4.07. The predicted octanol–water partition coefficient (Wildman–Crippen LogP) is 1.49. The molecule has 0 aliphatic heterocycles. The topological polar surface area (TPSA) is 78.2 Å². The summed E-state index contributed by atoms with van der Waals surface area (Å²) in [5, 5.41) is 17.2. The molecule has 0 aliphatic rings. The Morgan fingerprint density at radius 3 is 2.33 bits per heavy atom. The molecule has 4 nitrogen and oxygen atoms in total. The number of aliphatic carboxylic acids is 1. The van der Waals surface area contributed by atoms with Crippen LogP contribution in [0.15, 0.2) is 30.3 Å². The molecule has 0 saturated heterocycles. The van der Waals surface area contributed by atoms with Crippen LogP contribution in [0.1, 0.15) is 15.9 Å². The fraction of sp³-hybridized carbons (Fsp3) is 0. The molecule has 0 aromatic heterocycles. The van der Waals surface area contributed by atoms with E-state index in [1.54, 1.807) is 6.07 Å². The van der Waals surface area contributed by atoms with E-state index >= 15 is 0 Å². The molecule has 74 valence electrons. The number of nitrogens with zero attached hydrogens (tertiary/aromatic N) is 1. The van der Waals surface area contributed by atoms with Crippen molar-refractivity contribution < 1.29 is 14.7 Å². The first-order valence-electron chi connectivity index (χ1n) is 4.07. The van der Waals surface area contributed by atoms with Crippen molar-refractivity contribution in [3.05, 3.63) is 41.5 Å². The summed E-state index contributed by atoms with van der Waals surface area (Å²) in [6, 6.07) is 7.88. The smallest absolute Gasteiger partial charge is 0.329 e. The third-order valence-electron chi connectivity index (χ3n) is 1.75. The van der Waals surface area contributed by atoms with Gasteiger partial charge in [-0.05, 0) is 5.56 Å². The maximum absolute atomic E-state index is 10.4. The van der Waals surface area contributed by atoms with E-state index in [2.05, 4.69) is 0 Å². The van der Waals surface area contributed by atoms with Crippen LogP contribution in [0.5, 0.6) is 0 Å². The largest absolute Gasteiger partial charge is 0.478 e. The van der Waals surface area contributed by atoms with E-state index in [-0.39, 0.29) is 5.57 Å². The van der Waals surface area contributed by atoms with Crippen molar-refractivity contribution in [3.63, 3.8) is 0 Å². The monoisotopic (exact) mass is 201 g/mol. The van der Waals surface area contributed by atoms with Gasteiger partial charge in [0.1, 0.15) is 12.4 Å². The third kappa shape index (κ3) is 2.78. The van der Waals surface area contributed by atoms with Crippen molar-refractivity contribution in [1.29, 1.82) is 5.26 Å². The van der Waals surface area contributed by atoms with Gasteiger partial charge in [0, 0.05) is 11.6 Å². The Balaban J connectivity index is 3.10. The lowest BCUT2D eigenvalue weighted by atomic mass is 10.1. The van der Waals surface area contributed by atoms with Crippen LogP contribution in [-0.4, -0.2) is 17.4 Å². The Kier molecular flexibility index (Phi) is 3.36. The van der Waals surface area contributed by atoms with Crippen LogP contribution >= 0.6 is 0 Å². The number of hydrogen-bond donors (Lipinski definition) is 1. The average Bonchev–Trinajstić information content (AvgIpc) is 2.26. The molecule has 0 aliphatic carbocycles. The molecule has 0 atom stereocenters. The molecule has 0 fully saturated rings. The average molecular weight is 201 g/mol. The lowest BCUT2D eigenvalue weighted by Gasteiger charge is -1.97. The normalized spacial score (nSPS) is 10.5. The van der Waals surface area contributed by atoms with Gasteiger partial charge < -0.3 is 5.11 Å². The van der Waals surface area contributed by atoms with E-state index in [0.717, 1.165) is 6.08 Å². The van der Waals surface area contributed by atoms with Crippen LogP contribution in [0.3, 0.4) is 0 Å². The Bertz CT molecular complexity index is 452. The fourth-order valence-corrected chi connectivity index (χ4v) is 1.04. The number of allylic oxidation sites excluding steroid dienone is 1. The molecule has 1 N–H and O–H groups in total. The Morgan fingerprint density at radius 1 is 1.33 bits per heavy atom. The molecular formula is C11H7NO3. The van der Waals surface area contributed by atoms with Crippen molar-refractivity contribution in [2.75, 3.05) is 0 Å². The number of carbonyl (C=O) groups excluding carboxylic acids is 1. The van der Waals surface area contributed by atoms with E-state index < -0.39 is 5.97 Å². The number of carboxylic acid groups (broad SMARTS) is 1. The molecule has 0 bridgehead atoms. The molecule has 0 heterocycles. The first kappa shape index (κ1) is 10.7. The first-order chi connectivity index (χ1) is 7.17. The zero-order valence-corrected chi connectivity index (χ0v) is 7.68. The minimum atomic E-state index is -1.17. The number of carbonyl (C=O) groups is 2. The molecule has 0 amide bonds. The Labute approximate surface area is 86.1 Å². The number of aldehydes is 1. The Morgan fingerprint density at radius 2 is 1.93 bits per heavy atom. The quantitative estimate of drug-likeness (QED) is 0.456. The molecule has 4 heteroatoms. The summed E-state index contributed by atoms with van der Waals surface area (Å²) in [5.41, 5.74) is 1.01. The van der Waals surface area contributed by atoms with Gasteiger partial charge in [-0.1, -0.05) is 24.3 Å². The van der Waals surface area contributed by atoms with Gasteiger partial charge in [-0.25, -0.2) is 4.79 Å². The second-order valence-electron chi connectivity index (χ2n) is 2.75. The number of rotatable bonds is 3. The van der Waals surface area contributed by atoms with E-state index in [1.807, 2.05) is 0 Å². The second kappa shape index (κ2) is 4.72. The van der Waals surface area contributed by atoms with Crippen LogP contribution in [-0.2, 0) is 4.79 Å². The predicted molar refractivity (Wildman–Crippen MR) is 53.1 cm³/mol. The maximum Gasteiger partial charge on any atom is 0.329 e. The van der Waals surface area contributed by atoms with E-state index in [1.165, 1.54) is 24.3 Å². The Hall–Kier alpha value is -2.41. The summed E-state index contributed by atoms with van der Waals surface area (Å²) in [7, 11) is 0. The minimum absolute atomic E-state index is 0.0555. The van der Waals surface area contributed by atoms with Crippen LogP contribution in [0.25, 0.3) is 5.57 Å². The van der Waals surface area contributed by atoms with Crippen molar-refractivity contribution in [1.82, 2.24) is 0 Å². The van der Waals surface area contributed by atoms with Gasteiger partial charge >= 0.3 is 5.97 Å². The lowest BCUT2D eigenvalue weighted by Crippen LogP contribution is -1.91. The summed E-state index contributed by atoms with van der Waals surface area (Å²) in [6.45, 7) is 0. The third-order valence-corrected chi connectivity index (χ3v) is 1.75. The zero-order chi connectivity index (χ0) is 11.3. The van der Waals surface area contributed by atoms with E-state index in [9.17, 15) is 9.59 Å². The van der Waals surface area contributed by atoms with Gasteiger partial charge in [0.05, 0.1) is 5.57 Å². The molecular weight excluding hydrogens is 194 g/mol. The van der Waals surface area contributed by atoms with Gasteiger partial charge in [-0.15, -0.1) is 0 Å². The summed E-state index contributed by atoms with van der Waals surface area (Å²) >= 11 is 0. The molecule has 1 rings (SSSR count). The minimum Gasteiger partial charge on any atom is -0.478 e. The number of nitriles is 1. The summed E-state index contributed by atoms with van der Waals surface area (Å²) in [5.74, 6) is -1.17.